The number of rotatable bonds is 11. The molecule has 1 amide bonds. The second-order valence-corrected chi connectivity index (χ2v) is 7.88. The summed E-state index contributed by atoms with van der Waals surface area (Å²) in [5, 5.41) is 7.21. The predicted octanol–water partition coefficient (Wildman–Crippen LogP) is 2.28. The first kappa shape index (κ1) is 22.3. The van der Waals surface area contributed by atoms with Crippen molar-refractivity contribution in [2.75, 3.05) is 33.9 Å². The summed E-state index contributed by atoms with van der Waals surface area (Å²) in [7, 11) is 3.34. The average molecular weight is 429 g/mol. The van der Waals surface area contributed by atoms with Gasteiger partial charge in [-0.25, -0.2) is 9.89 Å². The second kappa shape index (κ2) is 11.1. The molecule has 1 atom stereocenters. The molecule has 0 radical (unpaired) electrons. The van der Waals surface area contributed by atoms with Gasteiger partial charge in [-0.15, -0.1) is 5.10 Å². The van der Waals surface area contributed by atoms with Crippen LogP contribution in [0.3, 0.4) is 0 Å². The summed E-state index contributed by atoms with van der Waals surface area (Å²) in [4.78, 5) is 26.1. The van der Waals surface area contributed by atoms with E-state index in [1.54, 1.807) is 50.2 Å². The summed E-state index contributed by atoms with van der Waals surface area (Å²) in [6, 6.07) is 7.06. The number of hydrogen-bond donors (Lipinski definition) is 1. The molecule has 0 saturated heterocycles. The predicted molar refractivity (Wildman–Crippen MR) is 109 cm³/mol. The van der Waals surface area contributed by atoms with Crippen LogP contribution in [0.25, 0.3) is 0 Å². The number of nitrogens with one attached hydrogen (secondary N) is 1. The molecule has 0 aliphatic carbocycles. The maximum absolute atomic E-state index is 12.6. The Morgan fingerprint density at radius 3 is 2.75 bits per heavy atom. The summed E-state index contributed by atoms with van der Waals surface area (Å²) in [5.41, 5.74) is -0.289. The maximum atomic E-state index is 12.6. The molecule has 1 unspecified atom stereocenters. The van der Waals surface area contributed by atoms with Crippen molar-refractivity contribution in [1.82, 2.24) is 19.7 Å². The molecule has 2 rings (SSSR count). The average Bonchev–Trinajstić information content (AvgIpc) is 3.02. The van der Waals surface area contributed by atoms with Crippen molar-refractivity contribution in [3.63, 3.8) is 0 Å². The van der Waals surface area contributed by atoms with E-state index in [2.05, 4.69) is 10.2 Å². The largest absolute Gasteiger partial charge is 0.492 e. The van der Waals surface area contributed by atoms with Gasteiger partial charge >= 0.3 is 5.69 Å². The molecule has 0 aliphatic heterocycles. The minimum Gasteiger partial charge on any atom is -0.492 e. The Bertz CT molecular complexity index is 809. The van der Waals surface area contributed by atoms with E-state index < -0.39 is 5.25 Å². The smallest absolute Gasteiger partial charge is 0.343 e. The van der Waals surface area contributed by atoms with Crippen LogP contribution in [0.4, 0.5) is 0 Å². The lowest BCUT2D eigenvalue weighted by molar-refractivity contribution is -0.129. The summed E-state index contributed by atoms with van der Waals surface area (Å²) in [6.07, 6.45) is 0.688. The van der Waals surface area contributed by atoms with Gasteiger partial charge in [0.2, 0.25) is 5.91 Å². The molecular formula is C18H25ClN4O4S. The molecule has 0 fully saturated rings. The first-order chi connectivity index (χ1) is 13.4. The van der Waals surface area contributed by atoms with Crippen molar-refractivity contribution < 1.29 is 14.3 Å². The van der Waals surface area contributed by atoms with E-state index in [0.29, 0.717) is 48.7 Å². The van der Waals surface area contributed by atoms with Crippen molar-refractivity contribution in [3.8, 4) is 5.75 Å². The Balaban J connectivity index is 1.84. The van der Waals surface area contributed by atoms with Gasteiger partial charge in [-0.2, -0.15) is 0 Å². The van der Waals surface area contributed by atoms with E-state index in [0.717, 1.165) is 0 Å². The zero-order chi connectivity index (χ0) is 20.5. The van der Waals surface area contributed by atoms with Crippen LogP contribution in [-0.4, -0.2) is 64.7 Å². The number of H-pyrrole nitrogens is 1. The van der Waals surface area contributed by atoms with E-state index >= 15 is 0 Å². The summed E-state index contributed by atoms with van der Waals surface area (Å²) in [5.74, 6) is 0.632. The van der Waals surface area contributed by atoms with Gasteiger partial charge in [0.05, 0.1) is 11.8 Å². The summed E-state index contributed by atoms with van der Waals surface area (Å²) in [6.45, 7) is 3.63. The SMILES string of the molecule is COCCCn1c(SC(C)C(=O)N(C)CCOc2ccc(Cl)cc2)n[nH]c1=O. The number of carbonyl (C=O) groups excluding carboxylic acids is 1. The number of likely N-dealkylation sites (N-methyl/N-ethyl adjacent to an activating group) is 1. The molecule has 0 saturated carbocycles. The number of ether oxygens (including phenoxy) is 2. The van der Waals surface area contributed by atoms with Crippen LogP contribution in [0.1, 0.15) is 13.3 Å². The van der Waals surface area contributed by atoms with Gasteiger partial charge in [-0.1, -0.05) is 23.4 Å². The highest BCUT2D eigenvalue weighted by Gasteiger charge is 2.22. The molecule has 1 aromatic heterocycles. The van der Waals surface area contributed by atoms with E-state index in [1.165, 1.54) is 16.3 Å². The molecular weight excluding hydrogens is 404 g/mol. The van der Waals surface area contributed by atoms with Crippen molar-refractivity contribution >= 4 is 29.3 Å². The highest BCUT2D eigenvalue weighted by Crippen LogP contribution is 2.21. The lowest BCUT2D eigenvalue weighted by Crippen LogP contribution is -2.36. The van der Waals surface area contributed by atoms with Crippen molar-refractivity contribution in [3.05, 3.63) is 39.8 Å². The van der Waals surface area contributed by atoms with Gasteiger partial charge in [0, 0.05) is 32.3 Å². The number of benzene rings is 1. The minimum atomic E-state index is -0.392. The third-order valence-corrected chi connectivity index (χ3v) is 5.30. The standard InChI is InChI=1S/C18H25ClN4O4S/c1-13(28-18-21-20-17(25)23(18)9-4-11-26-3)16(24)22(2)10-12-27-15-7-5-14(19)6-8-15/h5-8,13H,4,9-12H2,1-3H3,(H,20,25). The topological polar surface area (TPSA) is 89.4 Å². The van der Waals surface area contributed by atoms with Crippen LogP contribution in [0.5, 0.6) is 5.75 Å². The fraction of sp³-hybridized carbons (Fsp3) is 0.500. The van der Waals surface area contributed by atoms with Crippen LogP contribution in [0.15, 0.2) is 34.2 Å². The number of aromatic nitrogens is 3. The van der Waals surface area contributed by atoms with Gasteiger partial charge < -0.3 is 14.4 Å². The fourth-order valence-electron chi connectivity index (χ4n) is 2.42. The van der Waals surface area contributed by atoms with E-state index in [9.17, 15) is 9.59 Å². The third kappa shape index (κ3) is 6.57. The lowest BCUT2D eigenvalue weighted by atomic mass is 10.3. The minimum absolute atomic E-state index is 0.0661. The maximum Gasteiger partial charge on any atom is 0.343 e. The number of thioether (sulfide) groups is 1. The number of methoxy groups -OCH3 is 1. The zero-order valence-electron chi connectivity index (χ0n) is 16.2. The lowest BCUT2D eigenvalue weighted by Gasteiger charge is -2.21. The van der Waals surface area contributed by atoms with Crippen molar-refractivity contribution in [1.29, 1.82) is 0 Å². The van der Waals surface area contributed by atoms with E-state index in [4.69, 9.17) is 21.1 Å². The highest BCUT2D eigenvalue weighted by atomic mass is 35.5. The van der Waals surface area contributed by atoms with Crippen LogP contribution in [-0.2, 0) is 16.1 Å². The Labute approximate surface area is 173 Å². The Kier molecular flexibility index (Phi) is 8.88. The van der Waals surface area contributed by atoms with Crippen LogP contribution in [0.2, 0.25) is 5.02 Å². The van der Waals surface area contributed by atoms with E-state index in [-0.39, 0.29) is 11.6 Å². The zero-order valence-corrected chi connectivity index (χ0v) is 17.8. The van der Waals surface area contributed by atoms with E-state index in [1.807, 2.05) is 0 Å². The Morgan fingerprint density at radius 2 is 2.07 bits per heavy atom. The molecule has 154 valence electrons. The third-order valence-electron chi connectivity index (χ3n) is 3.97. The molecule has 1 heterocycles. The number of amides is 1. The normalized spacial score (nSPS) is 12.0. The molecule has 0 aliphatic rings. The number of aromatic amines is 1. The number of halogens is 1. The second-order valence-electron chi connectivity index (χ2n) is 6.13. The van der Waals surface area contributed by atoms with Crippen molar-refractivity contribution in [2.45, 2.75) is 30.3 Å². The molecule has 2 aromatic rings. The molecule has 28 heavy (non-hydrogen) atoms. The van der Waals surface area contributed by atoms with Gasteiger partial charge in [0.1, 0.15) is 12.4 Å². The van der Waals surface area contributed by atoms with Gasteiger partial charge in [0.15, 0.2) is 5.16 Å². The quantitative estimate of drug-likeness (QED) is 0.436. The summed E-state index contributed by atoms with van der Waals surface area (Å²) < 4.78 is 12.2. The number of carbonyl (C=O) groups is 1. The first-order valence-corrected chi connectivity index (χ1v) is 10.1. The molecule has 8 nitrogen and oxygen atoms in total. The monoisotopic (exact) mass is 428 g/mol. The van der Waals surface area contributed by atoms with Crippen LogP contribution in [0, 0.1) is 0 Å². The molecule has 0 spiro atoms. The summed E-state index contributed by atoms with van der Waals surface area (Å²) >= 11 is 7.09. The molecule has 1 N–H and O–H groups in total. The fourth-order valence-corrected chi connectivity index (χ4v) is 3.54. The van der Waals surface area contributed by atoms with Gasteiger partial charge in [-0.3, -0.25) is 9.36 Å². The van der Waals surface area contributed by atoms with Crippen LogP contribution >= 0.6 is 23.4 Å². The van der Waals surface area contributed by atoms with Crippen LogP contribution < -0.4 is 10.4 Å². The number of nitrogens with zero attached hydrogens (tertiary/aromatic N) is 3. The number of hydrogen-bond acceptors (Lipinski definition) is 6. The molecule has 1 aromatic carbocycles. The molecule has 0 bridgehead atoms. The molecule has 10 heteroatoms. The van der Waals surface area contributed by atoms with Crippen molar-refractivity contribution in [2.24, 2.45) is 0 Å². The Hall–Kier alpha value is -1.97. The first-order valence-electron chi connectivity index (χ1n) is 8.86. The van der Waals surface area contributed by atoms with Gasteiger partial charge in [0.25, 0.3) is 0 Å². The van der Waals surface area contributed by atoms with Gasteiger partial charge in [-0.05, 0) is 37.6 Å². The highest BCUT2D eigenvalue weighted by molar-refractivity contribution is 8.00. The Morgan fingerprint density at radius 1 is 1.36 bits per heavy atom.